The molecule has 214 valence electrons. The molecular weight excluding hydrogens is 522 g/mol. The molecule has 5 heteroatoms. The highest BCUT2D eigenvalue weighted by Crippen LogP contribution is 2.45. The minimum atomic E-state index is -0.368. The zero-order valence-corrected chi connectivity index (χ0v) is 23.9. The molecule has 0 radical (unpaired) electrons. The smallest absolute Gasteiger partial charge is 0.407 e. The second-order valence-electron chi connectivity index (χ2n) is 11.2. The molecule has 2 aliphatic rings. The van der Waals surface area contributed by atoms with Crippen molar-refractivity contribution in [3.05, 3.63) is 119 Å². The van der Waals surface area contributed by atoms with Crippen LogP contribution < -0.4 is 5.32 Å². The molecule has 0 atom stereocenters. The third-order valence-electron chi connectivity index (χ3n) is 8.54. The molecular formula is C37H37NO4. The third-order valence-corrected chi connectivity index (χ3v) is 8.54. The van der Waals surface area contributed by atoms with Gasteiger partial charge in [-0.15, -0.1) is 0 Å². The molecule has 0 aliphatic heterocycles. The lowest BCUT2D eigenvalue weighted by atomic mass is 9.98. The van der Waals surface area contributed by atoms with E-state index >= 15 is 0 Å². The largest absolute Gasteiger partial charge is 0.465 e. The molecule has 4 aromatic rings. The van der Waals surface area contributed by atoms with Crippen molar-refractivity contribution in [3.63, 3.8) is 0 Å². The Morgan fingerprint density at radius 1 is 0.524 bits per heavy atom. The van der Waals surface area contributed by atoms with Gasteiger partial charge in [-0.25, -0.2) is 4.79 Å². The summed E-state index contributed by atoms with van der Waals surface area (Å²) in [6, 6.07) is 33.4. The molecule has 1 N–H and O–H groups in total. The van der Waals surface area contributed by atoms with Crippen molar-refractivity contribution in [1.29, 1.82) is 0 Å². The van der Waals surface area contributed by atoms with E-state index in [4.69, 9.17) is 9.47 Å². The fourth-order valence-corrected chi connectivity index (χ4v) is 6.45. The van der Waals surface area contributed by atoms with Crippen LogP contribution in [0.3, 0.4) is 0 Å². The van der Waals surface area contributed by atoms with Gasteiger partial charge in [-0.3, -0.25) is 4.79 Å². The number of benzene rings is 4. The number of rotatable bonds is 12. The fraction of sp³-hybridized carbons (Fsp3) is 0.297. The van der Waals surface area contributed by atoms with Gasteiger partial charge in [0.05, 0.1) is 0 Å². The average molecular weight is 560 g/mol. The molecule has 42 heavy (non-hydrogen) atoms. The maximum Gasteiger partial charge on any atom is 0.407 e. The van der Waals surface area contributed by atoms with Crippen LogP contribution in [-0.2, 0) is 14.3 Å². The molecule has 0 aromatic heterocycles. The lowest BCUT2D eigenvalue weighted by Gasteiger charge is -2.14. The van der Waals surface area contributed by atoms with Crippen molar-refractivity contribution in [3.8, 4) is 22.3 Å². The van der Waals surface area contributed by atoms with Crippen LogP contribution >= 0.6 is 0 Å². The van der Waals surface area contributed by atoms with Crippen LogP contribution in [0, 0.1) is 0 Å². The number of unbranched alkanes of at least 4 members (excludes halogenated alkanes) is 4. The van der Waals surface area contributed by atoms with Gasteiger partial charge in [0.2, 0.25) is 0 Å². The zero-order valence-electron chi connectivity index (χ0n) is 23.9. The Morgan fingerprint density at radius 2 is 0.929 bits per heavy atom. The Morgan fingerprint density at radius 3 is 1.43 bits per heavy atom. The number of hydrogen-bond donors (Lipinski definition) is 1. The molecule has 0 unspecified atom stereocenters. The van der Waals surface area contributed by atoms with Crippen LogP contribution in [0.1, 0.15) is 72.6 Å². The summed E-state index contributed by atoms with van der Waals surface area (Å²) >= 11 is 0. The molecule has 6 rings (SSSR count). The molecule has 0 saturated heterocycles. The fourth-order valence-electron chi connectivity index (χ4n) is 6.45. The Labute approximate surface area is 247 Å². The van der Waals surface area contributed by atoms with Crippen molar-refractivity contribution in [2.45, 2.75) is 50.4 Å². The number of alkyl carbamates (subject to hydrolysis) is 1. The predicted molar refractivity (Wildman–Crippen MR) is 165 cm³/mol. The number of carbonyl (C=O) groups excluding carboxylic acids is 2. The van der Waals surface area contributed by atoms with Gasteiger partial charge in [-0.1, -0.05) is 116 Å². The minimum absolute atomic E-state index is 0.0691. The molecule has 0 heterocycles. The van der Waals surface area contributed by atoms with Crippen LogP contribution in [-0.4, -0.2) is 31.8 Å². The molecule has 4 aromatic carbocycles. The number of fused-ring (bicyclic) bond motifs is 6. The molecule has 0 fully saturated rings. The summed E-state index contributed by atoms with van der Waals surface area (Å²) in [5, 5.41) is 2.89. The quantitative estimate of drug-likeness (QED) is 0.140. The standard InChI is InChI=1S/C37H37NO4/c39-36(41-24-34-30-18-9-5-14-26(30)27-15-6-10-19-31(27)34)22-4-2-1-3-13-23-38-37(40)42-25-35-32-20-11-7-16-28(32)29-17-8-12-21-33(29)35/h5-12,14-21,34-35H,1-4,13,22-25H2,(H,38,40). The number of nitrogens with one attached hydrogen (secondary N) is 1. The van der Waals surface area contributed by atoms with Crippen molar-refractivity contribution >= 4 is 12.1 Å². The van der Waals surface area contributed by atoms with Crippen molar-refractivity contribution in [2.24, 2.45) is 0 Å². The molecule has 2 aliphatic carbocycles. The number of esters is 1. The first kappa shape index (κ1) is 27.8. The topological polar surface area (TPSA) is 64.6 Å². The van der Waals surface area contributed by atoms with E-state index in [9.17, 15) is 9.59 Å². The van der Waals surface area contributed by atoms with E-state index in [0.29, 0.717) is 26.2 Å². The Hall–Kier alpha value is -4.38. The first-order valence-corrected chi connectivity index (χ1v) is 15.1. The summed E-state index contributed by atoms with van der Waals surface area (Å²) < 4.78 is 11.3. The summed E-state index contributed by atoms with van der Waals surface area (Å²) in [6.07, 6.45) is 4.75. The SMILES string of the molecule is O=C(CCCCCCCNC(=O)OCC1c2ccccc2-c2ccccc21)OCC1c2ccccc2-c2ccccc21. The van der Waals surface area contributed by atoms with E-state index in [0.717, 1.165) is 32.1 Å². The first-order chi connectivity index (χ1) is 20.7. The van der Waals surface area contributed by atoms with Gasteiger partial charge in [-0.05, 0) is 57.3 Å². The van der Waals surface area contributed by atoms with E-state index in [1.54, 1.807) is 0 Å². The van der Waals surface area contributed by atoms with Crippen molar-refractivity contribution in [2.75, 3.05) is 19.8 Å². The second kappa shape index (κ2) is 13.1. The highest BCUT2D eigenvalue weighted by Gasteiger charge is 2.30. The van der Waals surface area contributed by atoms with Gasteiger partial charge in [0.15, 0.2) is 0 Å². The molecule has 0 saturated carbocycles. The average Bonchev–Trinajstić information content (AvgIpc) is 3.53. The van der Waals surface area contributed by atoms with E-state index in [-0.39, 0.29) is 23.9 Å². The first-order valence-electron chi connectivity index (χ1n) is 15.1. The van der Waals surface area contributed by atoms with Crippen molar-refractivity contribution < 1.29 is 19.1 Å². The van der Waals surface area contributed by atoms with Crippen LogP contribution in [0.4, 0.5) is 4.79 Å². The summed E-state index contributed by atoms with van der Waals surface area (Å²) in [5.41, 5.74) is 9.82. The monoisotopic (exact) mass is 559 g/mol. The number of hydrogen-bond acceptors (Lipinski definition) is 4. The zero-order chi connectivity index (χ0) is 28.7. The van der Waals surface area contributed by atoms with E-state index < -0.39 is 0 Å². The number of ether oxygens (including phenoxy) is 2. The lowest BCUT2D eigenvalue weighted by Crippen LogP contribution is -2.27. The van der Waals surface area contributed by atoms with Gasteiger partial charge in [0.25, 0.3) is 0 Å². The van der Waals surface area contributed by atoms with Crippen LogP contribution in [0.5, 0.6) is 0 Å². The summed E-state index contributed by atoms with van der Waals surface area (Å²) in [4.78, 5) is 24.8. The van der Waals surface area contributed by atoms with Crippen LogP contribution in [0.25, 0.3) is 22.3 Å². The minimum Gasteiger partial charge on any atom is -0.465 e. The van der Waals surface area contributed by atoms with E-state index in [1.165, 1.54) is 44.5 Å². The van der Waals surface area contributed by atoms with Gasteiger partial charge in [-0.2, -0.15) is 0 Å². The third kappa shape index (κ3) is 5.96. The van der Waals surface area contributed by atoms with Gasteiger partial charge in [0.1, 0.15) is 13.2 Å². The summed E-state index contributed by atoms with van der Waals surface area (Å²) in [5.74, 6) is 0.0405. The maximum absolute atomic E-state index is 12.4. The van der Waals surface area contributed by atoms with Crippen LogP contribution in [0.2, 0.25) is 0 Å². The molecule has 1 amide bonds. The number of carbonyl (C=O) groups is 2. The highest BCUT2D eigenvalue weighted by molar-refractivity contribution is 5.80. The Kier molecular flexibility index (Phi) is 8.64. The summed E-state index contributed by atoms with van der Waals surface area (Å²) in [6.45, 7) is 1.30. The lowest BCUT2D eigenvalue weighted by molar-refractivity contribution is -0.144. The van der Waals surface area contributed by atoms with Crippen molar-refractivity contribution in [1.82, 2.24) is 5.32 Å². The van der Waals surface area contributed by atoms with Gasteiger partial charge >= 0.3 is 12.1 Å². The van der Waals surface area contributed by atoms with Gasteiger partial charge < -0.3 is 14.8 Å². The number of amides is 1. The predicted octanol–water partition coefficient (Wildman–Crippen LogP) is 8.22. The normalized spacial score (nSPS) is 13.1. The molecule has 0 spiro atoms. The molecule has 0 bridgehead atoms. The van der Waals surface area contributed by atoms with E-state index in [2.05, 4.69) is 66.0 Å². The second-order valence-corrected chi connectivity index (χ2v) is 11.2. The van der Waals surface area contributed by atoms with Crippen LogP contribution in [0.15, 0.2) is 97.1 Å². The highest BCUT2D eigenvalue weighted by atomic mass is 16.5. The Balaban J connectivity index is 0.840. The maximum atomic E-state index is 12.4. The molecule has 5 nitrogen and oxygen atoms in total. The summed E-state index contributed by atoms with van der Waals surface area (Å²) in [7, 11) is 0. The van der Waals surface area contributed by atoms with Gasteiger partial charge in [0, 0.05) is 24.8 Å². The Bertz CT molecular complexity index is 1350. The van der Waals surface area contributed by atoms with E-state index in [1.807, 2.05) is 36.4 Å².